The molecule has 3 aromatic heterocycles. The summed E-state index contributed by atoms with van der Waals surface area (Å²) in [5.74, 6) is 0.286. The third kappa shape index (κ3) is 4.58. The SMILES string of the molecule is C[C@@H]1CN(c2cc(S(=O)(=O)NC3(C)CC3)cc3c(=O)n(Cc4cnn(C)c4)c4nccn4c23)CCN1C(=O)C1(C#N)CC1. The van der Waals surface area contributed by atoms with Crippen molar-refractivity contribution < 1.29 is 13.2 Å². The Bertz CT molecular complexity index is 2010. The van der Waals surface area contributed by atoms with E-state index in [0.717, 1.165) is 18.4 Å². The van der Waals surface area contributed by atoms with Gasteiger partial charge in [0, 0.05) is 62.4 Å². The Balaban J connectivity index is 1.37. The number of carbonyl (C=O) groups excluding carboxylic acids is 1. The highest BCUT2D eigenvalue weighted by Gasteiger charge is 2.53. The predicted molar refractivity (Wildman–Crippen MR) is 158 cm³/mol. The van der Waals surface area contributed by atoms with Crippen molar-refractivity contribution >= 4 is 38.3 Å². The molecule has 1 aromatic carbocycles. The third-order valence-electron chi connectivity index (χ3n) is 9.03. The third-order valence-corrected chi connectivity index (χ3v) is 10.7. The number of hydrogen-bond acceptors (Lipinski definition) is 8. The molecule has 1 saturated heterocycles. The van der Waals surface area contributed by atoms with E-state index in [1.165, 1.54) is 10.6 Å². The lowest BCUT2D eigenvalue weighted by Crippen LogP contribution is -2.56. The minimum absolute atomic E-state index is 0.0141. The number of sulfonamides is 1. The lowest BCUT2D eigenvalue weighted by Gasteiger charge is -2.42. The zero-order valence-electron chi connectivity index (χ0n) is 24.3. The van der Waals surface area contributed by atoms with E-state index in [0.29, 0.717) is 49.5 Å². The zero-order valence-corrected chi connectivity index (χ0v) is 25.1. The van der Waals surface area contributed by atoms with E-state index in [1.54, 1.807) is 41.3 Å². The highest BCUT2D eigenvalue weighted by Crippen LogP contribution is 2.47. The van der Waals surface area contributed by atoms with E-state index in [-0.39, 0.29) is 34.3 Å². The summed E-state index contributed by atoms with van der Waals surface area (Å²) in [5.41, 5.74) is 0.168. The fraction of sp³-hybridized carbons (Fsp3) is 0.483. The number of aryl methyl sites for hydroxylation is 1. The van der Waals surface area contributed by atoms with Crippen LogP contribution in [0.5, 0.6) is 0 Å². The van der Waals surface area contributed by atoms with Crippen molar-refractivity contribution in [2.24, 2.45) is 12.5 Å². The van der Waals surface area contributed by atoms with Crippen LogP contribution in [0.25, 0.3) is 16.7 Å². The van der Waals surface area contributed by atoms with Gasteiger partial charge in [-0.1, -0.05) is 0 Å². The summed E-state index contributed by atoms with van der Waals surface area (Å²) in [4.78, 5) is 35.7. The number of nitrogens with zero attached hydrogens (tertiary/aromatic N) is 8. The van der Waals surface area contributed by atoms with Gasteiger partial charge in [0.1, 0.15) is 5.41 Å². The number of benzene rings is 1. The molecule has 2 aliphatic carbocycles. The summed E-state index contributed by atoms with van der Waals surface area (Å²) >= 11 is 0. The molecule has 1 amide bonds. The maximum atomic E-state index is 14.2. The predicted octanol–water partition coefficient (Wildman–Crippen LogP) is 1.60. The molecule has 1 N–H and O–H groups in total. The second-order valence-corrected chi connectivity index (χ2v) is 14.2. The first-order valence-electron chi connectivity index (χ1n) is 14.5. The summed E-state index contributed by atoms with van der Waals surface area (Å²) < 4.78 is 35.2. The van der Waals surface area contributed by atoms with E-state index in [2.05, 4.69) is 20.9 Å². The molecule has 0 radical (unpaired) electrons. The molecule has 3 aliphatic rings. The second-order valence-electron chi connectivity index (χ2n) is 12.5. The molecule has 0 spiro atoms. The summed E-state index contributed by atoms with van der Waals surface area (Å²) in [6, 6.07) is 5.06. The van der Waals surface area contributed by atoms with E-state index < -0.39 is 21.0 Å². The van der Waals surface area contributed by atoms with Crippen LogP contribution in [0.1, 0.15) is 45.1 Å². The molecule has 7 rings (SSSR count). The fourth-order valence-corrected chi connectivity index (χ4v) is 7.63. The van der Waals surface area contributed by atoms with Crippen molar-refractivity contribution in [1.82, 2.24) is 33.4 Å². The van der Waals surface area contributed by atoms with Crippen LogP contribution in [-0.2, 0) is 28.4 Å². The average Bonchev–Trinajstić information content (AvgIpc) is 3.81. The van der Waals surface area contributed by atoms with Crippen LogP contribution in [-0.4, -0.2) is 74.2 Å². The molecule has 1 aliphatic heterocycles. The largest absolute Gasteiger partial charge is 0.366 e. The monoisotopic (exact) mass is 603 g/mol. The first-order chi connectivity index (χ1) is 20.4. The molecular weight excluding hydrogens is 570 g/mol. The van der Waals surface area contributed by atoms with Crippen molar-refractivity contribution in [3.05, 3.63) is 52.8 Å². The van der Waals surface area contributed by atoms with E-state index in [9.17, 15) is 23.3 Å². The van der Waals surface area contributed by atoms with Crippen LogP contribution in [0.15, 0.2) is 46.6 Å². The van der Waals surface area contributed by atoms with Gasteiger partial charge in [-0.2, -0.15) is 10.4 Å². The van der Waals surface area contributed by atoms with Crippen molar-refractivity contribution in [2.75, 3.05) is 24.5 Å². The van der Waals surface area contributed by atoms with Gasteiger partial charge in [-0.15, -0.1) is 0 Å². The quantitative estimate of drug-likeness (QED) is 0.335. The molecule has 1 atom stereocenters. The smallest absolute Gasteiger partial charge is 0.263 e. The van der Waals surface area contributed by atoms with Crippen LogP contribution in [0.2, 0.25) is 0 Å². The molecule has 14 heteroatoms. The Hall–Kier alpha value is -4.22. The van der Waals surface area contributed by atoms with Gasteiger partial charge in [-0.05, 0) is 51.7 Å². The minimum atomic E-state index is -3.95. The highest BCUT2D eigenvalue weighted by molar-refractivity contribution is 7.89. The summed E-state index contributed by atoms with van der Waals surface area (Å²) in [6.07, 6.45) is 9.55. The van der Waals surface area contributed by atoms with Crippen molar-refractivity contribution in [1.29, 1.82) is 5.26 Å². The van der Waals surface area contributed by atoms with Crippen LogP contribution >= 0.6 is 0 Å². The summed E-state index contributed by atoms with van der Waals surface area (Å²) in [6.45, 7) is 5.22. The number of amides is 1. The summed E-state index contributed by atoms with van der Waals surface area (Å²) in [7, 11) is -2.15. The zero-order chi connectivity index (χ0) is 30.3. The molecular formula is C29H33N9O4S. The van der Waals surface area contributed by atoms with Crippen LogP contribution < -0.4 is 15.2 Å². The highest BCUT2D eigenvalue weighted by atomic mass is 32.2. The number of rotatable bonds is 7. The lowest BCUT2D eigenvalue weighted by molar-refractivity contribution is -0.137. The van der Waals surface area contributed by atoms with Crippen molar-refractivity contribution in [2.45, 2.75) is 62.6 Å². The van der Waals surface area contributed by atoms with Gasteiger partial charge in [0.25, 0.3) is 5.56 Å². The number of fused-ring (bicyclic) bond motifs is 3. The number of aromatic nitrogens is 5. The van der Waals surface area contributed by atoms with Gasteiger partial charge in [0.15, 0.2) is 0 Å². The molecule has 0 bridgehead atoms. The van der Waals surface area contributed by atoms with Gasteiger partial charge < -0.3 is 9.80 Å². The molecule has 2 saturated carbocycles. The van der Waals surface area contributed by atoms with Crippen LogP contribution in [0.3, 0.4) is 0 Å². The molecule has 224 valence electrons. The van der Waals surface area contributed by atoms with Crippen molar-refractivity contribution in [3.8, 4) is 6.07 Å². The average molecular weight is 604 g/mol. The molecule has 3 fully saturated rings. The first kappa shape index (κ1) is 27.6. The second kappa shape index (κ2) is 9.39. The first-order valence-corrected chi connectivity index (χ1v) is 15.9. The molecule has 0 unspecified atom stereocenters. The fourth-order valence-electron chi connectivity index (χ4n) is 6.11. The van der Waals surface area contributed by atoms with Gasteiger partial charge in [0.2, 0.25) is 21.7 Å². The number of hydrogen-bond donors (Lipinski definition) is 1. The number of imidazole rings is 1. The Labute approximate surface area is 248 Å². The number of anilines is 1. The number of nitriles is 1. The Morgan fingerprint density at radius 3 is 2.60 bits per heavy atom. The maximum Gasteiger partial charge on any atom is 0.263 e. The van der Waals surface area contributed by atoms with Crippen molar-refractivity contribution in [3.63, 3.8) is 0 Å². The van der Waals surface area contributed by atoms with E-state index >= 15 is 0 Å². The Morgan fingerprint density at radius 2 is 1.98 bits per heavy atom. The molecule has 13 nitrogen and oxygen atoms in total. The van der Waals surface area contributed by atoms with E-state index in [4.69, 9.17) is 0 Å². The molecule has 4 aromatic rings. The van der Waals surface area contributed by atoms with Gasteiger partial charge in [-0.25, -0.2) is 18.1 Å². The summed E-state index contributed by atoms with van der Waals surface area (Å²) in [5, 5.41) is 14.1. The van der Waals surface area contributed by atoms with E-state index in [1.807, 2.05) is 29.3 Å². The van der Waals surface area contributed by atoms with Gasteiger partial charge >= 0.3 is 0 Å². The Kier molecular flexibility index (Phi) is 6.03. The maximum absolute atomic E-state index is 14.2. The topological polar surface area (TPSA) is 151 Å². The van der Waals surface area contributed by atoms with Gasteiger partial charge in [-0.3, -0.25) is 23.2 Å². The molecule has 4 heterocycles. The number of nitrogens with one attached hydrogen (secondary N) is 1. The normalized spacial score (nSPS) is 20.8. The van der Waals surface area contributed by atoms with Crippen LogP contribution in [0, 0.1) is 16.7 Å². The lowest BCUT2D eigenvalue weighted by atomic mass is 10.0. The van der Waals surface area contributed by atoms with Crippen LogP contribution in [0.4, 0.5) is 5.69 Å². The number of carbonyl (C=O) groups is 1. The standard InChI is InChI=1S/C29H33N9O4S/c1-19-15-35(10-11-36(19)26(40)29(18-30)6-7-29)23-13-21(43(41,42)33-28(2)4-5-28)12-22-24(23)37-9-8-31-27(37)38(25(22)39)17-20-14-32-34(3)16-20/h8-9,12-14,16,19,33H,4-7,10-11,15,17H2,1-3H3/t19-/m1/s1. The van der Waals surface area contributed by atoms with Gasteiger partial charge in [0.05, 0.1) is 40.3 Å². The minimum Gasteiger partial charge on any atom is -0.366 e. The number of piperazine rings is 1. The Morgan fingerprint density at radius 1 is 1.21 bits per heavy atom. The molecule has 43 heavy (non-hydrogen) atoms.